The summed E-state index contributed by atoms with van der Waals surface area (Å²) in [5, 5.41) is 1.78. The van der Waals surface area contributed by atoms with Gasteiger partial charge in [0.05, 0.1) is 5.69 Å². The number of ketones is 1. The van der Waals surface area contributed by atoms with E-state index >= 15 is 0 Å². The molecule has 1 unspecified atom stereocenters. The maximum absolute atomic E-state index is 12.5. The summed E-state index contributed by atoms with van der Waals surface area (Å²) in [6.07, 6.45) is 1.45. The average Bonchev–Trinajstić information content (AvgIpc) is 2.87. The van der Waals surface area contributed by atoms with E-state index in [1.54, 1.807) is 0 Å². The maximum Gasteiger partial charge on any atom is 0.179 e. The second kappa shape index (κ2) is 4.74. The summed E-state index contributed by atoms with van der Waals surface area (Å²) in [5.74, 6) is 0.446. The molecule has 0 saturated carbocycles. The maximum atomic E-state index is 12.5. The number of nitrogens with one attached hydrogen (secondary N) is 1. The molecule has 1 aliphatic rings. The van der Waals surface area contributed by atoms with Crippen molar-refractivity contribution in [3.63, 3.8) is 0 Å². The third-order valence-corrected chi connectivity index (χ3v) is 4.54. The highest BCUT2D eigenvalue weighted by molar-refractivity contribution is 6.31. The second-order valence-corrected chi connectivity index (χ2v) is 6.04. The number of Topliss-reactive ketones (excluding diaryl/α,β-unsaturated/α-hetero) is 1. The van der Waals surface area contributed by atoms with Gasteiger partial charge in [0.15, 0.2) is 5.78 Å². The number of benzene rings is 2. The van der Waals surface area contributed by atoms with Crippen molar-refractivity contribution in [2.24, 2.45) is 0 Å². The second-order valence-electron chi connectivity index (χ2n) is 5.61. The number of halogens is 1. The lowest BCUT2D eigenvalue weighted by Crippen LogP contribution is -2.18. The fraction of sp³-hybridized carbons (Fsp3) is 0.167. The van der Waals surface area contributed by atoms with E-state index in [2.05, 4.69) is 17.1 Å². The van der Waals surface area contributed by atoms with Crippen molar-refractivity contribution in [2.75, 3.05) is 0 Å². The lowest BCUT2D eigenvalue weighted by molar-refractivity contribution is 0.0960. The van der Waals surface area contributed by atoms with E-state index in [0.29, 0.717) is 11.4 Å². The molecule has 2 nitrogen and oxygen atoms in total. The predicted molar refractivity (Wildman–Crippen MR) is 85.1 cm³/mol. The summed E-state index contributed by atoms with van der Waals surface area (Å²) in [4.78, 5) is 15.7. The Labute approximate surface area is 127 Å². The molecule has 104 valence electrons. The van der Waals surface area contributed by atoms with Gasteiger partial charge >= 0.3 is 0 Å². The van der Waals surface area contributed by atoms with E-state index in [4.69, 9.17) is 11.6 Å². The van der Waals surface area contributed by atoms with E-state index in [1.165, 1.54) is 5.56 Å². The Kier molecular flexibility index (Phi) is 2.86. The first-order valence-corrected chi connectivity index (χ1v) is 7.48. The molecule has 1 aromatic heterocycles. The summed E-state index contributed by atoms with van der Waals surface area (Å²) in [7, 11) is 0. The van der Waals surface area contributed by atoms with Gasteiger partial charge in [0.1, 0.15) is 0 Å². The van der Waals surface area contributed by atoms with Crippen LogP contribution in [0, 0.1) is 0 Å². The van der Waals surface area contributed by atoms with Crippen LogP contribution in [0.5, 0.6) is 0 Å². The Hall–Kier alpha value is -2.06. The quantitative estimate of drug-likeness (QED) is 0.691. The van der Waals surface area contributed by atoms with Gasteiger partial charge in [-0.2, -0.15) is 0 Å². The van der Waals surface area contributed by atoms with Crippen molar-refractivity contribution in [1.29, 1.82) is 0 Å². The molecule has 3 heteroatoms. The van der Waals surface area contributed by atoms with Crippen molar-refractivity contribution >= 4 is 28.3 Å². The molecule has 3 aromatic rings. The number of aromatic nitrogens is 1. The molecule has 0 amide bonds. The molecule has 1 atom stereocenters. The van der Waals surface area contributed by atoms with Crippen LogP contribution in [0.15, 0.2) is 48.5 Å². The van der Waals surface area contributed by atoms with Gasteiger partial charge < -0.3 is 4.98 Å². The Morgan fingerprint density at radius 1 is 1.05 bits per heavy atom. The first-order chi connectivity index (χ1) is 10.2. The van der Waals surface area contributed by atoms with Crippen molar-refractivity contribution in [1.82, 2.24) is 4.98 Å². The van der Waals surface area contributed by atoms with E-state index in [1.807, 2.05) is 36.4 Å². The number of aromatic amines is 1. The minimum Gasteiger partial charge on any atom is -0.352 e. The van der Waals surface area contributed by atoms with Crippen molar-refractivity contribution in [3.05, 3.63) is 70.4 Å². The number of hydrogen-bond acceptors (Lipinski definition) is 1. The van der Waals surface area contributed by atoms with Crippen LogP contribution in [-0.4, -0.2) is 10.8 Å². The standard InChI is InChI=1S/C18H14ClNO/c19-13-6-7-16-14(10-13)15-8-12(9-17(21)18(15)20-16)11-4-2-1-3-5-11/h1-7,10,12,20H,8-9H2. The van der Waals surface area contributed by atoms with Crippen LogP contribution in [0.1, 0.15) is 34.0 Å². The molecule has 1 aliphatic carbocycles. The SMILES string of the molecule is O=C1CC(c2ccccc2)Cc2c1[nH]c1ccc(Cl)cc21. The molecular weight excluding hydrogens is 282 g/mol. The number of carbonyl (C=O) groups excluding carboxylic acids is 1. The third kappa shape index (κ3) is 2.07. The normalized spacial score (nSPS) is 18.0. The zero-order valence-electron chi connectivity index (χ0n) is 11.4. The summed E-state index contributed by atoms with van der Waals surface area (Å²) >= 11 is 6.11. The van der Waals surface area contributed by atoms with Crippen LogP contribution in [0.3, 0.4) is 0 Å². The fourth-order valence-electron chi connectivity index (χ4n) is 3.28. The molecule has 0 saturated heterocycles. The molecule has 1 N–H and O–H groups in total. The zero-order chi connectivity index (χ0) is 14.4. The highest BCUT2D eigenvalue weighted by Crippen LogP contribution is 2.37. The average molecular weight is 296 g/mol. The fourth-order valence-corrected chi connectivity index (χ4v) is 3.45. The van der Waals surface area contributed by atoms with Crippen LogP contribution in [0.25, 0.3) is 10.9 Å². The monoisotopic (exact) mass is 295 g/mol. The van der Waals surface area contributed by atoms with Gasteiger partial charge in [0, 0.05) is 22.3 Å². The van der Waals surface area contributed by atoms with Crippen molar-refractivity contribution in [3.8, 4) is 0 Å². The lowest BCUT2D eigenvalue weighted by Gasteiger charge is -2.22. The minimum absolute atomic E-state index is 0.192. The highest BCUT2D eigenvalue weighted by Gasteiger charge is 2.29. The van der Waals surface area contributed by atoms with Crippen LogP contribution < -0.4 is 0 Å². The number of rotatable bonds is 1. The first kappa shape index (κ1) is 12.7. The molecule has 21 heavy (non-hydrogen) atoms. The topological polar surface area (TPSA) is 32.9 Å². The van der Waals surface area contributed by atoms with Crippen LogP contribution in [0.2, 0.25) is 5.02 Å². The number of H-pyrrole nitrogens is 1. The first-order valence-electron chi connectivity index (χ1n) is 7.10. The lowest BCUT2D eigenvalue weighted by atomic mass is 9.81. The van der Waals surface area contributed by atoms with Gasteiger partial charge in [-0.05, 0) is 41.7 Å². The molecule has 0 aliphatic heterocycles. The number of hydrogen-bond donors (Lipinski definition) is 1. The van der Waals surface area contributed by atoms with E-state index in [0.717, 1.165) is 28.6 Å². The van der Waals surface area contributed by atoms with Crippen LogP contribution in [-0.2, 0) is 6.42 Å². The van der Waals surface area contributed by atoms with Gasteiger partial charge in [-0.15, -0.1) is 0 Å². The Balaban J connectivity index is 1.85. The molecule has 0 spiro atoms. The summed E-state index contributed by atoms with van der Waals surface area (Å²) < 4.78 is 0. The third-order valence-electron chi connectivity index (χ3n) is 4.30. The van der Waals surface area contributed by atoms with Gasteiger partial charge in [-0.3, -0.25) is 4.79 Å². The van der Waals surface area contributed by atoms with E-state index in [-0.39, 0.29) is 11.7 Å². The highest BCUT2D eigenvalue weighted by atomic mass is 35.5. The van der Waals surface area contributed by atoms with Gasteiger partial charge in [0.25, 0.3) is 0 Å². The molecule has 0 bridgehead atoms. The predicted octanol–water partition coefficient (Wildman–Crippen LogP) is 4.73. The summed E-state index contributed by atoms with van der Waals surface area (Å²) in [5.41, 5.74) is 4.09. The van der Waals surface area contributed by atoms with E-state index in [9.17, 15) is 4.79 Å². The molecule has 2 aromatic carbocycles. The summed E-state index contributed by atoms with van der Waals surface area (Å²) in [6, 6.07) is 16.0. The zero-order valence-corrected chi connectivity index (χ0v) is 12.2. The van der Waals surface area contributed by atoms with Crippen LogP contribution >= 0.6 is 11.6 Å². The smallest absolute Gasteiger partial charge is 0.179 e. The molecule has 0 radical (unpaired) electrons. The Morgan fingerprint density at radius 3 is 2.67 bits per heavy atom. The minimum atomic E-state index is 0.192. The largest absolute Gasteiger partial charge is 0.352 e. The van der Waals surface area contributed by atoms with Gasteiger partial charge in [-0.1, -0.05) is 41.9 Å². The molecule has 4 rings (SSSR count). The molecule has 0 fully saturated rings. The van der Waals surface area contributed by atoms with Gasteiger partial charge in [-0.25, -0.2) is 0 Å². The van der Waals surface area contributed by atoms with Crippen molar-refractivity contribution in [2.45, 2.75) is 18.8 Å². The molecule has 1 heterocycles. The number of fused-ring (bicyclic) bond motifs is 3. The van der Waals surface area contributed by atoms with Gasteiger partial charge in [0.2, 0.25) is 0 Å². The van der Waals surface area contributed by atoms with Crippen LogP contribution in [0.4, 0.5) is 0 Å². The van der Waals surface area contributed by atoms with E-state index < -0.39 is 0 Å². The number of carbonyl (C=O) groups is 1. The Morgan fingerprint density at radius 2 is 1.86 bits per heavy atom. The summed E-state index contributed by atoms with van der Waals surface area (Å²) in [6.45, 7) is 0. The molecular formula is C18H14ClNO. The van der Waals surface area contributed by atoms with Crippen molar-refractivity contribution < 1.29 is 4.79 Å². The Bertz CT molecular complexity index is 835.